The zero-order chi connectivity index (χ0) is 16.6. The largest absolute Gasteiger partial charge is 0.511 e. The predicted octanol–water partition coefficient (Wildman–Crippen LogP) is 4.97. The highest BCUT2D eigenvalue weighted by molar-refractivity contribution is 5.69. The zero-order valence-electron chi connectivity index (χ0n) is 14.4. The molecule has 0 saturated heterocycles. The summed E-state index contributed by atoms with van der Waals surface area (Å²) in [4.78, 5) is 22.6. The molecule has 0 amide bonds. The Morgan fingerprint density at radius 1 is 0.818 bits per heavy atom. The number of hydrogen-bond acceptors (Lipinski definition) is 5. The van der Waals surface area contributed by atoms with Crippen LogP contribution in [0.15, 0.2) is 0 Å². The fourth-order valence-corrected chi connectivity index (χ4v) is 2.14. The molecule has 0 radical (unpaired) electrons. The molecule has 0 saturated carbocycles. The van der Waals surface area contributed by atoms with E-state index in [1.54, 1.807) is 6.92 Å². The molecule has 0 aliphatic carbocycles. The van der Waals surface area contributed by atoms with Crippen molar-refractivity contribution in [3.8, 4) is 0 Å². The summed E-state index contributed by atoms with van der Waals surface area (Å²) in [6.07, 6.45) is 9.46. The van der Waals surface area contributed by atoms with E-state index in [4.69, 9.17) is 9.47 Å². The second-order valence-electron chi connectivity index (χ2n) is 5.44. The fourth-order valence-electron chi connectivity index (χ4n) is 2.14. The lowest BCUT2D eigenvalue weighted by Crippen LogP contribution is -2.22. The minimum atomic E-state index is -0.898. The van der Waals surface area contributed by atoms with Gasteiger partial charge in [-0.05, 0) is 13.3 Å². The molecule has 0 aliphatic heterocycles. The maximum atomic E-state index is 11.5. The lowest BCUT2D eigenvalue weighted by Gasteiger charge is -2.13. The summed E-state index contributed by atoms with van der Waals surface area (Å²) in [5, 5.41) is 0. The maximum absolute atomic E-state index is 11.5. The van der Waals surface area contributed by atoms with E-state index in [0.29, 0.717) is 6.42 Å². The molecule has 0 aromatic carbocycles. The summed E-state index contributed by atoms with van der Waals surface area (Å²) in [5.41, 5.74) is 0. The van der Waals surface area contributed by atoms with Crippen molar-refractivity contribution in [3.05, 3.63) is 0 Å². The Morgan fingerprint density at radius 2 is 1.36 bits per heavy atom. The van der Waals surface area contributed by atoms with Crippen LogP contribution in [0.1, 0.15) is 85.0 Å². The van der Waals surface area contributed by atoms with Crippen molar-refractivity contribution in [3.63, 3.8) is 0 Å². The van der Waals surface area contributed by atoms with Crippen molar-refractivity contribution < 1.29 is 23.8 Å². The lowest BCUT2D eigenvalue weighted by atomic mass is 10.1. The summed E-state index contributed by atoms with van der Waals surface area (Å²) in [5.74, 6) is -0.334. The topological polar surface area (TPSA) is 61.8 Å². The molecule has 5 nitrogen and oxygen atoms in total. The minimum Gasteiger partial charge on any atom is -0.435 e. The number of ether oxygens (including phenoxy) is 3. The summed E-state index contributed by atoms with van der Waals surface area (Å²) < 4.78 is 14.3. The van der Waals surface area contributed by atoms with Gasteiger partial charge in [0, 0.05) is 13.3 Å². The molecule has 0 heterocycles. The molecule has 1 atom stereocenters. The monoisotopic (exact) mass is 316 g/mol. The van der Waals surface area contributed by atoms with Gasteiger partial charge < -0.3 is 14.2 Å². The third kappa shape index (κ3) is 13.7. The number of carbonyl (C=O) groups is 2. The predicted molar refractivity (Wildman–Crippen MR) is 85.5 cm³/mol. The van der Waals surface area contributed by atoms with E-state index in [1.165, 1.54) is 45.4 Å². The molecule has 0 bridgehead atoms. The van der Waals surface area contributed by atoms with Crippen molar-refractivity contribution in [2.45, 2.75) is 91.3 Å². The molecule has 0 spiro atoms. The van der Waals surface area contributed by atoms with Gasteiger partial charge in [-0.25, -0.2) is 4.79 Å². The smallest absolute Gasteiger partial charge is 0.435 e. The molecule has 0 aromatic heterocycles. The summed E-state index contributed by atoms with van der Waals surface area (Å²) in [6, 6.07) is 0. The van der Waals surface area contributed by atoms with Crippen molar-refractivity contribution in [2.24, 2.45) is 0 Å². The number of carbonyl (C=O) groups excluding carboxylic acids is 2. The maximum Gasteiger partial charge on any atom is 0.511 e. The van der Waals surface area contributed by atoms with Crippen LogP contribution in [0.5, 0.6) is 0 Å². The third-order valence-corrected chi connectivity index (χ3v) is 3.31. The lowest BCUT2D eigenvalue weighted by molar-refractivity contribution is -0.168. The molecule has 1 unspecified atom stereocenters. The van der Waals surface area contributed by atoms with E-state index >= 15 is 0 Å². The van der Waals surface area contributed by atoms with Crippen molar-refractivity contribution >= 4 is 12.1 Å². The van der Waals surface area contributed by atoms with Crippen molar-refractivity contribution in [2.75, 3.05) is 6.61 Å². The van der Waals surface area contributed by atoms with Crippen LogP contribution in [-0.2, 0) is 19.0 Å². The van der Waals surface area contributed by atoms with E-state index in [1.807, 2.05) is 0 Å². The summed E-state index contributed by atoms with van der Waals surface area (Å²) in [6.45, 7) is 5.64. The summed E-state index contributed by atoms with van der Waals surface area (Å²) >= 11 is 0. The van der Waals surface area contributed by atoms with Gasteiger partial charge in [0.2, 0.25) is 6.29 Å². The quantitative estimate of drug-likeness (QED) is 0.273. The first kappa shape index (κ1) is 20.7. The average molecular weight is 316 g/mol. The van der Waals surface area contributed by atoms with Crippen LogP contribution in [0.3, 0.4) is 0 Å². The molecule has 0 N–H and O–H groups in total. The van der Waals surface area contributed by atoms with Gasteiger partial charge in [-0.3, -0.25) is 4.79 Å². The first-order valence-electron chi connectivity index (χ1n) is 8.63. The Kier molecular flexibility index (Phi) is 13.8. The van der Waals surface area contributed by atoms with Crippen LogP contribution in [0.25, 0.3) is 0 Å². The van der Waals surface area contributed by atoms with Crippen LogP contribution in [0.4, 0.5) is 4.79 Å². The molecule has 22 heavy (non-hydrogen) atoms. The highest BCUT2D eigenvalue weighted by atomic mass is 16.8. The third-order valence-electron chi connectivity index (χ3n) is 3.31. The Balaban J connectivity index is 3.44. The second kappa shape index (κ2) is 14.7. The van der Waals surface area contributed by atoms with Gasteiger partial charge in [0.15, 0.2) is 0 Å². The molecule has 130 valence electrons. The molecule has 0 aromatic rings. The SMILES string of the molecule is CCCCCCCCCCCC(=O)OC(C)OC(=O)OCC. The first-order valence-corrected chi connectivity index (χ1v) is 8.63. The number of esters is 1. The molecular formula is C17H32O5. The van der Waals surface area contributed by atoms with Crippen LogP contribution >= 0.6 is 0 Å². The van der Waals surface area contributed by atoms with Gasteiger partial charge in [-0.1, -0.05) is 58.3 Å². The van der Waals surface area contributed by atoms with E-state index in [0.717, 1.165) is 19.3 Å². The van der Waals surface area contributed by atoms with Crippen molar-refractivity contribution in [1.82, 2.24) is 0 Å². The number of rotatable bonds is 13. The molecular weight excluding hydrogens is 284 g/mol. The van der Waals surface area contributed by atoms with Crippen LogP contribution in [-0.4, -0.2) is 25.0 Å². The Morgan fingerprint density at radius 3 is 1.91 bits per heavy atom. The second-order valence-corrected chi connectivity index (χ2v) is 5.44. The van der Waals surface area contributed by atoms with Crippen LogP contribution < -0.4 is 0 Å². The van der Waals surface area contributed by atoms with E-state index in [2.05, 4.69) is 11.7 Å². The van der Waals surface area contributed by atoms with E-state index in [-0.39, 0.29) is 12.6 Å². The number of unbranched alkanes of at least 4 members (excludes halogenated alkanes) is 8. The average Bonchev–Trinajstić information content (AvgIpc) is 2.45. The normalized spacial score (nSPS) is 11.8. The van der Waals surface area contributed by atoms with Gasteiger partial charge >= 0.3 is 12.1 Å². The first-order chi connectivity index (χ1) is 10.6. The van der Waals surface area contributed by atoms with E-state index < -0.39 is 12.4 Å². The molecule has 5 heteroatoms. The van der Waals surface area contributed by atoms with Crippen LogP contribution in [0, 0.1) is 0 Å². The molecule has 0 fully saturated rings. The minimum absolute atomic E-state index is 0.234. The summed E-state index contributed by atoms with van der Waals surface area (Å²) in [7, 11) is 0. The Hall–Kier alpha value is -1.26. The van der Waals surface area contributed by atoms with Crippen molar-refractivity contribution in [1.29, 1.82) is 0 Å². The van der Waals surface area contributed by atoms with Gasteiger partial charge in [-0.2, -0.15) is 0 Å². The zero-order valence-corrected chi connectivity index (χ0v) is 14.4. The Bertz CT molecular complexity index is 291. The highest BCUT2D eigenvalue weighted by Gasteiger charge is 2.14. The van der Waals surface area contributed by atoms with Crippen LogP contribution in [0.2, 0.25) is 0 Å². The Labute approximate surface area is 134 Å². The van der Waals surface area contributed by atoms with Gasteiger partial charge in [0.05, 0.1) is 6.61 Å². The molecule has 0 rings (SSSR count). The van der Waals surface area contributed by atoms with E-state index in [9.17, 15) is 9.59 Å². The standard InChI is InChI=1S/C17H32O5/c1-4-6-7-8-9-10-11-12-13-14-16(18)21-15(3)22-17(19)20-5-2/h15H,4-14H2,1-3H3. The number of hydrogen-bond donors (Lipinski definition) is 0. The molecule has 0 aliphatic rings. The highest BCUT2D eigenvalue weighted by Crippen LogP contribution is 2.11. The van der Waals surface area contributed by atoms with Gasteiger partial charge in [0.1, 0.15) is 0 Å². The fraction of sp³-hybridized carbons (Fsp3) is 0.882. The van der Waals surface area contributed by atoms with Gasteiger partial charge in [-0.15, -0.1) is 0 Å². The van der Waals surface area contributed by atoms with Gasteiger partial charge in [0.25, 0.3) is 0 Å².